The van der Waals surface area contributed by atoms with Crippen molar-refractivity contribution in [3.63, 3.8) is 0 Å². The first kappa shape index (κ1) is 16.7. The van der Waals surface area contributed by atoms with Gasteiger partial charge < -0.3 is 5.32 Å². The Labute approximate surface area is 142 Å². The van der Waals surface area contributed by atoms with Gasteiger partial charge in [-0.15, -0.1) is 11.6 Å². The van der Waals surface area contributed by atoms with Crippen molar-refractivity contribution in [2.45, 2.75) is 62.5 Å². The quantitative estimate of drug-likeness (QED) is 0.837. The number of carbonyl (C=O) groups excluding carboxylic acids is 1. The third-order valence-electron chi connectivity index (χ3n) is 5.16. The second kappa shape index (κ2) is 7.18. The van der Waals surface area contributed by atoms with Crippen LogP contribution >= 0.6 is 11.6 Å². The van der Waals surface area contributed by atoms with Crippen LogP contribution in [0.25, 0.3) is 0 Å². The summed E-state index contributed by atoms with van der Waals surface area (Å²) in [5.74, 6) is -0.241. The van der Waals surface area contributed by atoms with Crippen LogP contribution in [0, 0.1) is 5.82 Å². The lowest BCUT2D eigenvalue weighted by molar-refractivity contribution is -0.121. The number of hydrogen-bond acceptors (Lipinski definition) is 2. The SMILES string of the molecule is CC(Cl)C(=O)NC1CC2CCC(C1)N2CCc1ccc(F)cc1. The molecule has 1 aromatic rings. The van der Waals surface area contributed by atoms with E-state index in [1.807, 2.05) is 12.1 Å². The number of rotatable bonds is 5. The van der Waals surface area contributed by atoms with Gasteiger partial charge in [-0.25, -0.2) is 4.39 Å². The Hall–Kier alpha value is -1.13. The maximum Gasteiger partial charge on any atom is 0.237 e. The summed E-state index contributed by atoms with van der Waals surface area (Å²) in [5, 5.41) is 2.61. The van der Waals surface area contributed by atoms with Crippen molar-refractivity contribution in [1.82, 2.24) is 10.2 Å². The first-order chi connectivity index (χ1) is 11.0. The molecule has 23 heavy (non-hydrogen) atoms. The highest BCUT2D eigenvalue weighted by molar-refractivity contribution is 6.30. The van der Waals surface area contributed by atoms with Crippen LogP contribution in [0.1, 0.15) is 38.2 Å². The minimum atomic E-state index is -0.468. The molecule has 0 spiro atoms. The molecule has 1 aromatic carbocycles. The average Bonchev–Trinajstić information content (AvgIpc) is 2.76. The fourth-order valence-corrected chi connectivity index (χ4v) is 4.05. The predicted molar refractivity (Wildman–Crippen MR) is 90.1 cm³/mol. The van der Waals surface area contributed by atoms with Gasteiger partial charge in [0.2, 0.25) is 5.91 Å². The van der Waals surface area contributed by atoms with Gasteiger partial charge in [-0.2, -0.15) is 0 Å². The molecule has 2 heterocycles. The zero-order valence-electron chi connectivity index (χ0n) is 13.5. The molecule has 0 saturated carbocycles. The molecular weight excluding hydrogens is 315 g/mol. The third kappa shape index (κ3) is 4.04. The van der Waals surface area contributed by atoms with E-state index in [0.29, 0.717) is 12.1 Å². The van der Waals surface area contributed by atoms with E-state index in [-0.39, 0.29) is 17.8 Å². The molecule has 2 aliphatic rings. The highest BCUT2D eigenvalue weighted by Gasteiger charge is 2.40. The third-order valence-corrected chi connectivity index (χ3v) is 5.36. The van der Waals surface area contributed by atoms with Gasteiger partial charge in [-0.1, -0.05) is 12.1 Å². The van der Waals surface area contributed by atoms with Gasteiger partial charge in [0.05, 0.1) is 0 Å². The fraction of sp³-hybridized carbons (Fsp3) is 0.611. The molecular formula is C18H24ClFN2O. The van der Waals surface area contributed by atoms with Gasteiger partial charge in [0.1, 0.15) is 11.2 Å². The molecule has 0 radical (unpaired) electrons. The lowest BCUT2D eigenvalue weighted by Crippen LogP contribution is -2.51. The number of benzene rings is 1. The summed E-state index contributed by atoms with van der Waals surface area (Å²) in [6.07, 6.45) is 5.38. The van der Waals surface area contributed by atoms with Crippen LogP contribution in [0.3, 0.4) is 0 Å². The van der Waals surface area contributed by atoms with E-state index < -0.39 is 5.38 Å². The smallest absolute Gasteiger partial charge is 0.237 e. The molecule has 0 aromatic heterocycles. The average molecular weight is 339 g/mol. The summed E-state index contributed by atoms with van der Waals surface area (Å²) in [5.41, 5.74) is 1.18. The van der Waals surface area contributed by atoms with Crippen molar-refractivity contribution >= 4 is 17.5 Å². The Balaban J connectivity index is 1.53. The lowest BCUT2D eigenvalue weighted by Gasteiger charge is -2.39. The van der Waals surface area contributed by atoms with E-state index in [0.717, 1.165) is 25.8 Å². The van der Waals surface area contributed by atoms with Crippen molar-refractivity contribution in [1.29, 1.82) is 0 Å². The normalized spacial score (nSPS) is 28.6. The van der Waals surface area contributed by atoms with Gasteiger partial charge in [0, 0.05) is 24.7 Å². The Bertz CT molecular complexity index is 534. The number of alkyl halides is 1. The topological polar surface area (TPSA) is 32.3 Å². The van der Waals surface area contributed by atoms with Crippen LogP contribution in [-0.4, -0.2) is 40.9 Å². The fourth-order valence-electron chi connectivity index (χ4n) is 3.98. The molecule has 0 aliphatic carbocycles. The summed E-state index contributed by atoms with van der Waals surface area (Å²) >= 11 is 5.84. The Morgan fingerprint density at radius 1 is 1.30 bits per heavy atom. The second-order valence-corrected chi connectivity index (χ2v) is 7.45. The lowest BCUT2D eigenvalue weighted by atomic mass is 9.96. The highest BCUT2D eigenvalue weighted by Crippen LogP contribution is 2.35. The number of amides is 1. The van der Waals surface area contributed by atoms with Crippen molar-refractivity contribution in [3.05, 3.63) is 35.6 Å². The molecule has 2 bridgehead atoms. The minimum absolute atomic E-state index is 0.0594. The number of hydrogen-bond donors (Lipinski definition) is 1. The van der Waals surface area contributed by atoms with Crippen LogP contribution < -0.4 is 5.32 Å². The number of nitrogens with zero attached hydrogens (tertiary/aromatic N) is 1. The molecule has 126 valence electrons. The second-order valence-electron chi connectivity index (χ2n) is 6.79. The summed E-state index contributed by atoms with van der Waals surface area (Å²) in [7, 11) is 0. The molecule has 3 nitrogen and oxygen atoms in total. The van der Waals surface area contributed by atoms with E-state index in [1.54, 1.807) is 6.92 Å². The summed E-state index contributed by atoms with van der Waals surface area (Å²) in [6.45, 7) is 2.72. The number of carbonyl (C=O) groups is 1. The maximum atomic E-state index is 13.0. The first-order valence-electron chi connectivity index (χ1n) is 8.47. The Morgan fingerprint density at radius 2 is 1.91 bits per heavy atom. The zero-order valence-corrected chi connectivity index (χ0v) is 14.2. The molecule has 1 N–H and O–H groups in total. The van der Waals surface area contributed by atoms with Crippen molar-refractivity contribution < 1.29 is 9.18 Å². The van der Waals surface area contributed by atoms with E-state index in [4.69, 9.17) is 11.6 Å². The zero-order chi connectivity index (χ0) is 16.4. The standard InChI is InChI=1S/C18H24ClFN2O/c1-12(19)18(23)21-15-10-16-6-7-17(11-15)22(16)9-8-13-2-4-14(20)5-3-13/h2-5,12,15-17H,6-11H2,1H3,(H,21,23). The number of fused-ring (bicyclic) bond motifs is 2. The molecule has 2 fully saturated rings. The van der Waals surface area contributed by atoms with E-state index >= 15 is 0 Å². The molecule has 1 amide bonds. The number of halogens is 2. The first-order valence-corrected chi connectivity index (χ1v) is 8.91. The molecule has 2 saturated heterocycles. The van der Waals surface area contributed by atoms with Crippen LogP contribution in [0.5, 0.6) is 0 Å². The number of nitrogens with one attached hydrogen (secondary N) is 1. The summed E-state index contributed by atoms with van der Waals surface area (Å²) in [4.78, 5) is 14.4. The maximum absolute atomic E-state index is 13.0. The van der Waals surface area contributed by atoms with Crippen molar-refractivity contribution in [2.75, 3.05) is 6.54 Å². The molecule has 3 atom stereocenters. The largest absolute Gasteiger partial charge is 0.352 e. The Morgan fingerprint density at radius 3 is 2.48 bits per heavy atom. The van der Waals surface area contributed by atoms with Gasteiger partial charge in [0.15, 0.2) is 0 Å². The predicted octanol–water partition coefficient (Wildman–Crippen LogP) is 3.11. The van der Waals surface area contributed by atoms with Crippen LogP contribution in [0.4, 0.5) is 4.39 Å². The number of piperidine rings is 1. The van der Waals surface area contributed by atoms with Crippen LogP contribution in [-0.2, 0) is 11.2 Å². The van der Waals surface area contributed by atoms with Gasteiger partial charge in [-0.05, 0) is 56.7 Å². The molecule has 5 heteroatoms. The van der Waals surface area contributed by atoms with E-state index in [2.05, 4.69) is 10.2 Å². The molecule has 2 aliphatic heterocycles. The van der Waals surface area contributed by atoms with Gasteiger partial charge in [-0.3, -0.25) is 9.69 Å². The minimum Gasteiger partial charge on any atom is -0.352 e. The molecule has 3 rings (SSSR count). The summed E-state index contributed by atoms with van der Waals surface area (Å²) in [6, 6.07) is 8.13. The van der Waals surface area contributed by atoms with Crippen molar-refractivity contribution in [2.24, 2.45) is 0 Å². The Kier molecular flexibility index (Phi) is 5.22. The monoisotopic (exact) mass is 338 g/mol. The molecule has 3 unspecified atom stereocenters. The van der Waals surface area contributed by atoms with E-state index in [1.165, 1.54) is 30.5 Å². The van der Waals surface area contributed by atoms with Gasteiger partial charge in [0.25, 0.3) is 0 Å². The van der Waals surface area contributed by atoms with Crippen LogP contribution in [0.2, 0.25) is 0 Å². The van der Waals surface area contributed by atoms with Crippen LogP contribution in [0.15, 0.2) is 24.3 Å². The van der Waals surface area contributed by atoms with E-state index in [9.17, 15) is 9.18 Å². The summed E-state index contributed by atoms with van der Waals surface area (Å²) < 4.78 is 13.0. The van der Waals surface area contributed by atoms with Gasteiger partial charge >= 0.3 is 0 Å². The highest BCUT2D eigenvalue weighted by atomic mass is 35.5. The van der Waals surface area contributed by atoms with Crippen molar-refractivity contribution in [3.8, 4) is 0 Å².